The summed E-state index contributed by atoms with van der Waals surface area (Å²) in [5, 5.41) is 8.10. The third-order valence-corrected chi connectivity index (χ3v) is 3.40. The number of rotatable bonds is 6. The van der Waals surface area contributed by atoms with E-state index in [2.05, 4.69) is 56.6 Å². The quantitative estimate of drug-likeness (QED) is 0.771. The van der Waals surface area contributed by atoms with Gasteiger partial charge in [-0.3, -0.25) is 4.68 Å². The third-order valence-electron chi connectivity index (χ3n) is 3.40. The Hall–Kier alpha value is -0.830. The van der Waals surface area contributed by atoms with E-state index in [1.165, 1.54) is 11.3 Å². The van der Waals surface area contributed by atoms with Crippen LogP contribution in [0.4, 0.5) is 0 Å². The lowest BCUT2D eigenvalue weighted by molar-refractivity contribution is 0.425. The number of aryl methyl sites for hydroxylation is 1. The Morgan fingerprint density at radius 3 is 2.29 bits per heavy atom. The summed E-state index contributed by atoms with van der Waals surface area (Å²) in [6.45, 7) is 15.3. The highest BCUT2D eigenvalue weighted by Gasteiger charge is 2.12. The number of hydrogen-bond acceptors (Lipinski definition) is 2. The van der Waals surface area contributed by atoms with E-state index < -0.39 is 0 Å². The standard InChI is InChI=1S/C14H27N3/c1-10(2)9-15-8-7-11(3)17-14(6)12(4)13(5)16-17/h10-11,15H,7-9H2,1-6H3. The van der Waals surface area contributed by atoms with Crippen LogP contribution in [0.15, 0.2) is 0 Å². The number of nitrogens with one attached hydrogen (secondary N) is 1. The van der Waals surface area contributed by atoms with E-state index in [1.54, 1.807) is 0 Å². The van der Waals surface area contributed by atoms with Gasteiger partial charge in [0.05, 0.1) is 11.7 Å². The van der Waals surface area contributed by atoms with E-state index in [-0.39, 0.29) is 0 Å². The molecular weight excluding hydrogens is 210 g/mol. The first kappa shape index (κ1) is 14.2. The van der Waals surface area contributed by atoms with Gasteiger partial charge in [-0.05, 0) is 58.7 Å². The van der Waals surface area contributed by atoms with Gasteiger partial charge in [-0.1, -0.05) is 13.8 Å². The van der Waals surface area contributed by atoms with Gasteiger partial charge in [0.1, 0.15) is 0 Å². The van der Waals surface area contributed by atoms with Gasteiger partial charge in [0.25, 0.3) is 0 Å². The van der Waals surface area contributed by atoms with Gasteiger partial charge in [0.15, 0.2) is 0 Å². The maximum Gasteiger partial charge on any atom is 0.0625 e. The summed E-state index contributed by atoms with van der Waals surface area (Å²) >= 11 is 0. The molecule has 17 heavy (non-hydrogen) atoms. The summed E-state index contributed by atoms with van der Waals surface area (Å²) in [4.78, 5) is 0. The Morgan fingerprint density at radius 1 is 1.18 bits per heavy atom. The molecule has 0 saturated carbocycles. The molecule has 1 aromatic rings. The molecule has 3 heteroatoms. The molecule has 1 N–H and O–H groups in total. The second-order valence-electron chi connectivity index (χ2n) is 5.48. The molecule has 0 aromatic carbocycles. The van der Waals surface area contributed by atoms with Gasteiger partial charge in [0, 0.05) is 5.69 Å². The van der Waals surface area contributed by atoms with Gasteiger partial charge < -0.3 is 5.32 Å². The molecule has 0 amide bonds. The van der Waals surface area contributed by atoms with Crippen molar-refractivity contribution in [3.05, 3.63) is 17.0 Å². The molecule has 0 saturated heterocycles. The Kier molecular flexibility index (Phi) is 5.19. The minimum atomic E-state index is 0.474. The minimum absolute atomic E-state index is 0.474. The van der Waals surface area contributed by atoms with E-state index in [4.69, 9.17) is 0 Å². The molecule has 0 fully saturated rings. The Labute approximate surface area is 106 Å². The summed E-state index contributed by atoms with van der Waals surface area (Å²) < 4.78 is 2.17. The molecule has 0 aliphatic heterocycles. The van der Waals surface area contributed by atoms with Crippen LogP contribution in [-0.4, -0.2) is 22.9 Å². The molecule has 0 bridgehead atoms. The van der Waals surface area contributed by atoms with Crippen LogP contribution in [0.5, 0.6) is 0 Å². The van der Waals surface area contributed by atoms with Crippen molar-refractivity contribution in [2.75, 3.05) is 13.1 Å². The summed E-state index contributed by atoms with van der Waals surface area (Å²) in [5.74, 6) is 0.723. The van der Waals surface area contributed by atoms with E-state index in [0.717, 1.165) is 31.1 Å². The lowest BCUT2D eigenvalue weighted by Crippen LogP contribution is -2.23. The number of nitrogens with zero attached hydrogens (tertiary/aromatic N) is 2. The lowest BCUT2D eigenvalue weighted by Gasteiger charge is -2.15. The maximum atomic E-state index is 4.61. The molecule has 0 aliphatic rings. The van der Waals surface area contributed by atoms with Crippen molar-refractivity contribution in [2.24, 2.45) is 5.92 Å². The number of aromatic nitrogens is 2. The highest BCUT2D eigenvalue weighted by molar-refractivity contribution is 5.22. The van der Waals surface area contributed by atoms with Gasteiger partial charge >= 0.3 is 0 Å². The monoisotopic (exact) mass is 237 g/mol. The fourth-order valence-electron chi connectivity index (χ4n) is 2.00. The molecule has 1 atom stereocenters. The first-order valence-electron chi connectivity index (χ1n) is 6.66. The fourth-order valence-corrected chi connectivity index (χ4v) is 2.00. The third kappa shape index (κ3) is 3.84. The van der Waals surface area contributed by atoms with Crippen LogP contribution in [0.3, 0.4) is 0 Å². The molecule has 0 aliphatic carbocycles. The summed E-state index contributed by atoms with van der Waals surface area (Å²) in [5.41, 5.74) is 3.79. The lowest BCUT2D eigenvalue weighted by atomic mass is 10.2. The molecule has 0 spiro atoms. The molecule has 1 heterocycles. The van der Waals surface area contributed by atoms with Crippen molar-refractivity contribution in [3.8, 4) is 0 Å². The van der Waals surface area contributed by atoms with Crippen LogP contribution in [0.25, 0.3) is 0 Å². The second-order valence-corrected chi connectivity index (χ2v) is 5.48. The first-order chi connectivity index (χ1) is 7.93. The van der Waals surface area contributed by atoms with Gasteiger partial charge in [-0.15, -0.1) is 0 Å². The van der Waals surface area contributed by atoms with Crippen molar-refractivity contribution < 1.29 is 0 Å². The van der Waals surface area contributed by atoms with Crippen molar-refractivity contribution in [1.29, 1.82) is 0 Å². The van der Waals surface area contributed by atoms with Crippen molar-refractivity contribution in [2.45, 2.75) is 54.0 Å². The van der Waals surface area contributed by atoms with Gasteiger partial charge in [-0.2, -0.15) is 5.10 Å². The predicted octanol–water partition coefficient (Wildman–Crippen LogP) is 3.01. The smallest absolute Gasteiger partial charge is 0.0625 e. The normalized spacial score (nSPS) is 13.4. The van der Waals surface area contributed by atoms with Crippen molar-refractivity contribution in [3.63, 3.8) is 0 Å². The minimum Gasteiger partial charge on any atom is -0.316 e. The molecule has 3 nitrogen and oxygen atoms in total. The van der Waals surface area contributed by atoms with Crippen LogP contribution in [0, 0.1) is 26.7 Å². The Balaban J connectivity index is 2.47. The van der Waals surface area contributed by atoms with Crippen LogP contribution >= 0.6 is 0 Å². The molecule has 1 unspecified atom stereocenters. The Bertz CT molecular complexity index is 353. The van der Waals surface area contributed by atoms with E-state index in [0.29, 0.717) is 6.04 Å². The Morgan fingerprint density at radius 2 is 1.82 bits per heavy atom. The summed E-state index contributed by atoms with van der Waals surface area (Å²) in [6.07, 6.45) is 1.13. The summed E-state index contributed by atoms with van der Waals surface area (Å²) in [6, 6.07) is 0.474. The van der Waals surface area contributed by atoms with Crippen LogP contribution < -0.4 is 5.32 Å². The zero-order chi connectivity index (χ0) is 13.0. The van der Waals surface area contributed by atoms with Gasteiger partial charge in [0.2, 0.25) is 0 Å². The molecule has 1 rings (SSSR count). The van der Waals surface area contributed by atoms with E-state index in [9.17, 15) is 0 Å². The van der Waals surface area contributed by atoms with Crippen LogP contribution in [0.2, 0.25) is 0 Å². The van der Waals surface area contributed by atoms with Crippen molar-refractivity contribution >= 4 is 0 Å². The van der Waals surface area contributed by atoms with Crippen molar-refractivity contribution in [1.82, 2.24) is 15.1 Å². The predicted molar refractivity (Wildman–Crippen MR) is 73.5 cm³/mol. The van der Waals surface area contributed by atoms with E-state index in [1.807, 2.05) is 0 Å². The summed E-state index contributed by atoms with van der Waals surface area (Å²) in [7, 11) is 0. The topological polar surface area (TPSA) is 29.9 Å². The highest BCUT2D eigenvalue weighted by atomic mass is 15.3. The zero-order valence-corrected chi connectivity index (χ0v) is 12.2. The number of hydrogen-bond donors (Lipinski definition) is 1. The van der Waals surface area contributed by atoms with E-state index >= 15 is 0 Å². The average molecular weight is 237 g/mol. The average Bonchev–Trinajstić information content (AvgIpc) is 2.52. The SMILES string of the molecule is Cc1nn(C(C)CCNCC(C)C)c(C)c1C. The zero-order valence-electron chi connectivity index (χ0n) is 12.2. The molecular formula is C14H27N3. The van der Waals surface area contributed by atoms with Crippen LogP contribution in [-0.2, 0) is 0 Å². The molecule has 1 aromatic heterocycles. The molecule has 0 radical (unpaired) electrons. The second kappa shape index (κ2) is 6.20. The fraction of sp³-hybridized carbons (Fsp3) is 0.786. The van der Waals surface area contributed by atoms with Gasteiger partial charge in [-0.25, -0.2) is 0 Å². The largest absolute Gasteiger partial charge is 0.316 e. The first-order valence-corrected chi connectivity index (χ1v) is 6.66. The van der Waals surface area contributed by atoms with Crippen LogP contribution in [0.1, 0.15) is 50.2 Å². The maximum absolute atomic E-state index is 4.61. The molecule has 98 valence electrons. The highest BCUT2D eigenvalue weighted by Crippen LogP contribution is 2.17.